The number of nitrogens with zero attached hydrogens (tertiary/aromatic N) is 3. The van der Waals surface area contributed by atoms with Crippen molar-refractivity contribution in [1.82, 2.24) is 15.4 Å². The van der Waals surface area contributed by atoms with Gasteiger partial charge >= 0.3 is 5.97 Å². The fourth-order valence-corrected chi connectivity index (χ4v) is 2.55. The second-order valence-electron chi connectivity index (χ2n) is 6.09. The van der Waals surface area contributed by atoms with Crippen molar-refractivity contribution in [3.63, 3.8) is 0 Å². The molecule has 12 heteroatoms. The second-order valence-corrected chi connectivity index (χ2v) is 6.09. The zero-order valence-corrected chi connectivity index (χ0v) is 16.9. The van der Waals surface area contributed by atoms with Crippen LogP contribution in [-0.2, 0) is 0 Å². The minimum absolute atomic E-state index is 0.121. The molecule has 0 spiro atoms. The van der Waals surface area contributed by atoms with E-state index < -0.39 is 16.8 Å². The lowest BCUT2D eigenvalue weighted by atomic mass is 10.2. The number of hydrogen-bond donors (Lipinski definition) is 2. The number of nitro groups is 1. The number of methoxy groups -OCH3 is 2. The first-order chi connectivity index (χ1) is 15.4. The van der Waals surface area contributed by atoms with Crippen LogP contribution in [0.25, 0.3) is 0 Å². The monoisotopic (exact) mass is 439 g/mol. The minimum Gasteiger partial charge on any atom is -0.493 e. The van der Waals surface area contributed by atoms with Gasteiger partial charge in [-0.3, -0.25) is 14.9 Å². The van der Waals surface area contributed by atoms with E-state index in [1.54, 1.807) is 12.1 Å². The van der Waals surface area contributed by atoms with Gasteiger partial charge in [0.25, 0.3) is 11.6 Å². The molecule has 0 saturated heterocycles. The molecule has 2 aromatic carbocycles. The van der Waals surface area contributed by atoms with E-state index in [0.29, 0.717) is 5.56 Å². The number of amides is 1. The molecule has 0 radical (unpaired) electrons. The standard InChI is InChI=1S/C20H17N5O7/c1-30-16-9-12(10-23-24-18(26)17-19(31-2)22-11-21-17)3-8-15(16)32-20(27)13-4-6-14(7-5-13)25(28)29/h3-11H,1-2H3,(H,21,22)(H,24,26)/b23-10+. The largest absolute Gasteiger partial charge is 0.493 e. The molecule has 32 heavy (non-hydrogen) atoms. The van der Waals surface area contributed by atoms with E-state index in [2.05, 4.69) is 20.5 Å². The third-order valence-electron chi connectivity index (χ3n) is 4.11. The maximum absolute atomic E-state index is 12.3. The molecule has 0 bridgehead atoms. The first kappa shape index (κ1) is 22.0. The number of H-pyrrole nitrogens is 1. The van der Waals surface area contributed by atoms with Crippen LogP contribution in [0.15, 0.2) is 53.9 Å². The van der Waals surface area contributed by atoms with Crippen molar-refractivity contribution in [3.8, 4) is 17.4 Å². The van der Waals surface area contributed by atoms with Crippen LogP contribution in [0.1, 0.15) is 26.4 Å². The van der Waals surface area contributed by atoms with E-state index in [1.807, 2.05) is 0 Å². The number of hydrazone groups is 1. The Morgan fingerprint density at radius 2 is 1.88 bits per heavy atom. The highest BCUT2D eigenvalue weighted by molar-refractivity contribution is 5.95. The zero-order valence-electron chi connectivity index (χ0n) is 16.9. The minimum atomic E-state index is -0.708. The Morgan fingerprint density at radius 3 is 2.53 bits per heavy atom. The Hall–Kier alpha value is -4.74. The zero-order chi connectivity index (χ0) is 23.1. The summed E-state index contributed by atoms with van der Waals surface area (Å²) in [4.78, 5) is 41.0. The lowest BCUT2D eigenvalue weighted by molar-refractivity contribution is -0.384. The maximum atomic E-state index is 12.3. The predicted molar refractivity (Wildman–Crippen MR) is 111 cm³/mol. The fourth-order valence-electron chi connectivity index (χ4n) is 2.55. The summed E-state index contributed by atoms with van der Waals surface area (Å²) in [5.41, 5.74) is 3.00. The third kappa shape index (κ3) is 5.05. The smallest absolute Gasteiger partial charge is 0.343 e. The average molecular weight is 439 g/mol. The molecule has 2 N–H and O–H groups in total. The number of carbonyl (C=O) groups is 2. The number of nitro benzene ring substituents is 1. The fraction of sp³-hybridized carbons (Fsp3) is 0.100. The normalized spacial score (nSPS) is 10.6. The van der Waals surface area contributed by atoms with Crippen molar-refractivity contribution in [3.05, 3.63) is 75.7 Å². The van der Waals surface area contributed by atoms with Crippen molar-refractivity contribution < 1.29 is 28.7 Å². The Labute approximate surface area is 181 Å². The van der Waals surface area contributed by atoms with Crippen LogP contribution in [0.5, 0.6) is 17.4 Å². The lowest BCUT2D eigenvalue weighted by Crippen LogP contribution is -2.18. The quantitative estimate of drug-likeness (QED) is 0.178. The number of benzene rings is 2. The van der Waals surface area contributed by atoms with Crippen LogP contribution in [0.3, 0.4) is 0 Å². The van der Waals surface area contributed by atoms with Gasteiger partial charge in [-0.1, -0.05) is 0 Å². The number of imidazole rings is 1. The van der Waals surface area contributed by atoms with Gasteiger partial charge in [-0.05, 0) is 35.9 Å². The number of aromatic amines is 1. The van der Waals surface area contributed by atoms with Crippen LogP contribution in [0, 0.1) is 10.1 Å². The molecule has 0 aliphatic carbocycles. The summed E-state index contributed by atoms with van der Waals surface area (Å²) in [5, 5.41) is 14.6. The topological polar surface area (TPSA) is 158 Å². The Morgan fingerprint density at radius 1 is 1.12 bits per heavy atom. The van der Waals surface area contributed by atoms with Crippen LogP contribution in [-0.4, -0.2) is 47.2 Å². The van der Waals surface area contributed by atoms with E-state index in [-0.39, 0.29) is 34.3 Å². The van der Waals surface area contributed by atoms with Crippen molar-refractivity contribution >= 4 is 23.8 Å². The Bertz CT molecular complexity index is 1170. The Balaban J connectivity index is 1.67. The van der Waals surface area contributed by atoms with Crippen LogP contribution in [0.4, 0.5) is 5.69 Å². The van der Waals surface area contributed by atoms with E-state index >= 15 is 0 Å². The van der Waals surface area contributed by atoms with E-state index in [1.165, 1.54) is 57.1 Å². The van der Waals surface area contributed by atoms with E-state index in [9.17, 15) is 19.7 Å². The van der Waals surface area contributed by atoms with Gasteiger partial charge < -0.3 is 19.2 Å². The number of non-ortho nitro benzene ring substituents is 1. The average Bonchev–Trinajstić information content (AvgIpc) is 3.29. The van der Waals surface area contributed by atoms with E-state index in [4.69, 9.17) is 14.2 Å². The van der Waals surface area contributed by atoms with Gasteiger partial charge in [0, 0.05) is 12.1 Å². The van der Waals surface area contributed by atoms with Crippen LogP contribution < -0.4 is 19.6 Å². The van der Waals surface area contributed by atoms with Crippen molar-refractivity contribution in [2.75, 3.05) is 14.2 Å². The summed E-state index contributed by atoms with van der Waals surface area (Å²) in [6, 6.07) is 9.64. The summed E-state index contributed by atoms with van der Waals surface area (Å²) in [5.74, 6) is -0.736. The molecule has 0 fully saturated rings. The molecule has 12 nitrogen and oxygen atoms in total. The Kier molecular flexibility index (Phi) is 6.75. The third-order valence-corrected chi connectivity index (χ3v) is 4.11. The van der Waals surface area contributed by atoms with E-state index in [0.717, 1.165) is 0 Å². The summed E-state index contributed by atoms with van der Waals surface area (Å²) in [7, 11) is 2.78. The first-order valence-corrected chi connectivity index (χ1v) is 8.98. The highest BCUT2D eigenvalue weighted by Crippen LogP contribution is 2.28. The molecule has 0 saturated carbocycles. The number of aromatic nitrogens is 2. The molecular formula is C20H17N5O7. The predicted octanol–water partition coefficient (Wildman–Crippen LogP) is 2.32. The summed E-state index contributed by atoms with van der Waals surface area (Å²) in [6.45, 7) is 0. The molecule has 1 heterocycles. The number of ether oxygens (including phenoxy) is 3. The second kappa shape index (κ2) is 9.84. The molecule has 0 unspecified atom stereocenters. The first-order valence-electron chi connectivity index (χ1n) is 8.98. The summed E-state index contributed by atoms with van der Waals surface area (Å²) < 4.78 is 15.5. The molecule has 3 rings (SSSR count). The molecule has 164 valence electrons. The summed E-state index contributed by atoms with van der Waals surface area (Å²) >= 11 is 0. The highest BCUT2D eigenvalue weighted by Gasteiger charge is 2.15. The molecule has 3 aromatic rings. The van der Waals surface area contributed by atoms with Gasteiger partial charge in [0.05, 0.1) is 37.2 Å². The van der Waals surface area contributed by atoms with Gasteiger partial charge in [-0.2, -0.15) is 5.10 Å². The number of esters is 1. The number of rotatable bonds is 8. The van der Waals surface area contributed by atoms with Crippen LogP contribution >= 0.6 is 0 Å². The molecular weight excluding hydrogens is 422 g/mol. The number of carbonyl (C=O) groups excluding carboxylic acids is 2. The molecule has 1 amide bonds. The van der Waals surface area contributed by atoms with Crippen molar-refractivity contribution in [1.29, 1.82) is 0 Å². The van der Waals surface area contributed by atoms with Gasteiger partial charge in [0.1, 0.15) is 0 Å². The molecule has 0 aliphatic rings. The van der Waals surface area contributed by atoms with Gasteiger partial charge in [-0.25, -0.2) is 15.2 Å². The summed E-state index contributed by atoms with van der Waals surface area (Å²) in [6.07, 6.45) is 2.68. The van der Waals surface area contributed by atoms with Gasteiger partial charge in [0.15, 0.2) is 17.2 Å². The lowest BCUT2D eigenvalue weighted by Gasteiger charge is -2.10. The number of nitrogens with one attached hydrogen (secondary N) is 2. The van der Waals surface area contributed by atoms with Crippen LogP contribution in [0.2, 0.25) is 0 Å². The number of hydrogen-bond acceptors (Lipinski definition) is 9. The van der Waals surface area contributed by atoms with Crippen molar-refractivity contribution in [2.45, 2.75) is 0 Å². The molecule has 1 aromatic heterocycles. The SMILES string of the molecule is COc1cc(/C=N/NC(=O)c2[nH]cnc2OC)ccc1OC(=O)c1ccc([N+](=O)[O-])cc1. The maximum Gasteiger partial charge on any atom is 0.343 e. The van der Waals surface area contributed by atoms with Crippen molar-refractivity contribution in [2.24, 2.45) is 5.10 Å². The molecule has 0 aliphatic heterocycles. The highest BCUT2D eigenvalue weighted by atomic mass is 16.6. The van der Waals surface area contributed by atoms with Gasteiger partial charge in [-0.15, -0.1) is 0 Å². The molecule has 0 atom stereocenters. The van der Waals surface area contributed by atoms with Gasteiger partial charge in [0.2, 0.25) is 5.88 Å².